The molecule has 2 atom stereocenters. The molecule has 1 N–H and O–H groups in total. The van der Waals surface area contributed by atoms with E-state index in [1.165, 1.54) is 0 Å². The summed E-state index contributed by atoms with van der Waals surface area (Å²) in [6.45, 7) is 9.49. The van der Waals surface area contributed by atoms with Gasteiger partial charge < -0.3 is 9.84 Å². The molecule has 0 aromatic heterocycles. The Morgan fingerprint density at radius 3 is 2.00 bits per heavy atom. The topological polar surface area (TPSA) is 46.5 Å². The van der Waals surface area contributed by atoms with E-state index in [4.69, 9.17) is 9.84 Å². The van der Waals surface area contributed by atoms with E-state index in [0.717, 1.165) is 0 Å². The van der Waals surface area contributed by atoms with Gasteiger partial charge in [-0.1, -0.05) is 20.8 Å². The fraction of sp³-hybridized carbons (Fsp3) is 0.889. The van der Waals surface area contributed by atoms with Gasteiger partial charge in [-0.2, -0.15) is 0 Å². The van der Waals surface area contributed by atoms with Crippen LogP contribution in [-0.2, 0) is 9.53 Å². The second kappa shape index (κ2) is 3.90. The lowest BCUT2D eigenvalue weighted by Gasteiger charge is -2.28. The van der Waals surface area contributed by atoms with Crippen LogP contribution in [0.15, 0.2) is 0 Å². The summed E-state index contributed by atoms with van der Waals surface area (Å²) in [5.74, 6) is -0.911. The molecular weight excluding hydrogens is 156 g/mol. The number of ether oxygens (including phenoxy) is 1. The number of rotatable bonds is 3. The summed E-state index contributed by atoms with van der Waals surface area (Å²) in [4.78, 5) is 10.4. The summed E-state index contributed by atoms with van der Waals surface area (Å²) in [5.41, 5.74) is -0.0102. The van der Waals surface area contributed by atoms with Crippen molar-refractivity contribution in [1.29, 1.82) is 0 Å². The zero-order valence-corrected chi connectivity index (χ0v) is 8.42. The molecule has 0 fully saturated rings. The van der Waals surface area contributed by atoms with Crippen LogP contribution in [0.5, 0.6) is 0 Å². The predicted octanol–water partition coefficient (Wildman–Crippen LogP) is 1.91. The summed E-state index contributed by atoms with van der Waals surface area (Å²) >= 11 is 0. The minimum Gasteiger partial charge on any atom is -0.479 e. The van der Waals surface area contributed by atoms with Crippen LogP contribution in [0.2, 0.25) is 0 Å². The molecule has 72 valence electrons. The van der Waals surface area contributed by atoms with Gasteiger partial charge in [0.2, 0.25) is 0 Å². The lowest BCUT2D eigenvalue weighted by molar-refractivity contribution is -0.155. The fourth-order valence-electron chi connectivity index (χ4n) is 0.569. The average molecular weight is 174 g/mol. The van der Waals surface area contributed by atoms with Crippen molar-refractivity contribution < 1.29 is 14.6 Å². The summed E-state index contributed by atoms with van der Waals surface area (Å²) < 4.78 is 5.28. The van der Waals surface area contributed by atoms with Gasteiger partial charge in [0, 0.05) is 0 Å². The monoisotopic (exact) mass is 174 g/mol. The Balaban J connectivity index is 4.01. The van der Waals surface area contributed by atoms with E-state index in [-0.39, 0.29) is 11.5 Å². The van der Waals surface area contributed by atoms with Gasteiger partial charge in [-0.25, -0.2) is 4.79 Å². The van der Waals surface area contributed by atoms with Crippen LogP contribution < -0.4 is 0 Å². The highest BCUT2D eigenvalue weighted by Crippen LogP contribution is 2.22. The third-order valence-electron chi connectivity index (χ3n) is 1.98. The molecule has 0 aliphatic carbocycles. The maximum atomic E-state index is 10.4. The molecule has 0 aliphatic heterocycles. The van der Waals surface area contributed by atoms with Gasteiger partial charge in [-0.05, 0) is 19.3 Å². The molecule has 3 nitrogen and oxygen atoms in total. The minimum absolute atomic E-state index is 0.0102. The minimum atomic E-state index is -0.911. The van der Waals surface area contributed by atoms with Gasteiger partial charge in [0.15, 0.2) is 6.10 Å². The standard InChI is InChI=1S/C9H18O3/c1-6(8(10)11)12-7(2)9(3,4)5/h6-7H,1-5H3,(H,10,11). The Morgan fingerprint density at radius 1 is 1.33 bits per heavy atom. The second-order valence-corrected chi connectivity index (χ2v) is 4.12. The van der Waals surface area contributed by atoms with Crippen LogP contribution in [0.1, 0.15) is 34.6 Å². The van der Waals surface area contributed by atoms with Crippen molar-refractivity contribution in [1.82, 2.24) is 0 Å². The van der Waals surface area contributed by atoms with Crippen LogP contribution in [0.25, 0.3) is 0 Å². The smallest absolute Gasteiger partial charge is 0.332 e. The first-order valence-corrected chi connectivity index (χ1v) is 4.13. The largest absolute Gasteiger partial charge is 0.479 e. The van der Waals surface area contributed by atoms with Gasteiger partial charge in [0.05, 0.1) is 6.10 Å². The van der Waals surface area contributed by atoms with E-state index in [1.807, 2.05) is 27.7 Å². The van der Waals surface area contributed by atoms with Crippen LogP contribution in [0.4, 0.5) is 0 Å². The number of carbonyl (C=O) groups is 1. The van der Waals surface area contributed by atoms with E-state index < -0.39 is 12.1 Å². The molecular formula is C9H18O3. The third kappa shape index (κ3) is 3.72. The lowest BCUT2D eigenvalue weighted by atomic mass is 9.90. The van der Waals surface area contributed by atoms with E-state index in [1.54, 1.807) is 6.92 Å². The van der Waals surface area contributed by atoms with Gasteiger partial charge in [0.25, 0.3) is 0 Å². The molecule has 0 spiro atoms. The Labute approximate surface area is 73.7 Å². The lowest BCUT2D eigenvalue weighted by Crippen LogP contribution is -2.33. The first-order valence-electron chi connectivity index (χ1n) is 4.13. The first-order chi connectivity index (χ1) is 5.25. The maximum Gasteiger partial charge on any atom is 0.332 e. The molecule has 0 aromatic carbocycles. The summed E-state index contributed by atoms with van der Waals surface area (Å²) in [5, 5.41) is 8.57. The number of carboxylic acid groups (broad SMARTS) is 1. The normalized spacial score (nSPS) is 17.1. The molecule has 2 unspecified atom stereocenters. The van der Waals surface area contributed by atoms with E-state index in [9.17, 15) is 4.79 Å². The van der Waals surface area contributed by atoms with Crippen molar-refractivity contribution in [2.45, 2.75) is 46.8 Å². The van der Waals surface area contributed by atoms with Crippen molar-refractivity contribution in [2.75, 3.05) is 0 Å². The zero-order chi connectivity index (χ0) is 9.94. The van der Waals surface area contributed by atoms with Gasteiger partial charge in [-0.15, -0.1) is 0 Å². The van der Waals surface area contributed by atoms with Crippen LogP contribution in [0, 0.1) is 5.41 Å². The number of carboxylic acids is 1. The van der Waals surface area contributed by atoms with Crippen molar-refractivity contribution in [2.24, 2.45) is 5.41 Å². The molecule has 0 aromatic rings. The number of hydrogen-bond acceptors (Lipinski definition) is 2. The Hall–Kier alpha value is -0.570. The highest BCUT2D eigenvalue weighted by molar-refractivity contribution is 5.71. The average Bonchev–Trinajstić information content (AvgIpc) is 1.85. The van der Waals surface area contributed by atoms with Gasteiger partial charge in [-0.3, -0.25) is 0 Å². The van der Waals surface area contributed by atoms with Crippen molar-refractivity contribution in [3.8, 4) is 0 Å². The molecule has 0 heterocycles. The SMILES string of the molecule is CC(OC(C)C(C)(C)C)C(=O)O. The molecule has 0 bridgehead atoms. The molecule has 0 rings (SSSR count). The number of hydrogen-bond donors (Lipinski definition) is 1. The summed E-state index contributed by atoms with van der Waals surface area (Å²) in [7, 11) is 0. The Bertz CT molecular complexity index is 158. The van der Waals surface area contributed by atoms with Crippen molar-refractivity contribution >= 4 is 5.97 Å². The van der Waals surface area contributed by atoms with E-state index >= 15 is 0 Å². The molecule has 0 radical (unpaired) electrons. The Morgan fingerprint density at radius 2 is 1.75 bits per heavy atom. The van der Waals surface area contributed by atoms with Crippen LogP contribution in [-0.4, -0.2) is 23.3 Å². The molecule has 0 saturated carbocycles. The predicted molar refractivity (Wildman–Crippen MR) is 47.1 cm³/mol. The fourth-order valence-corrected chi connectivity index (χ4v) is 0.569. The van der Waals surface area contributed by atoms with Gasteiger partial charge >= 0.3 is 5.97 Å². The first kappa shape index (κ1) is 11.4. The third-order valence-corrected chi connectivity index (χ3v) is 1.98. The number of aliphatic carboxylic acids is 1. The molecule has 0 amide bonds. The second-order valence-electron chi connectivity index (χ2n) is 4.12. The van der Waals surface area contributed by atoms with Crippen molar-refractivity contribution in [3.63, 3.8) is 0 Å². The highest BCUT2D eigenvalue weighted by Gasteiger charge is 2.24. The molecule has 3 heteroatoms. The maximum absolute atomic E-state index is 10.4. The summed E-state index contributed by atoms with van der Waals surface area (Å²) in [6.07, 6.45) is -0.775. The zero-order valence-electron chi connectivity index (χ0n) is 8.42. The van der Waals surface area contributed by atoms with Crippen LogP contribution >= 0.6 is 0 Å². The summed E-state index contributed by atoms with van der Waals surface area (Å²) in [6, 6.07) is 0. The van der Waals surface area contributed by atoms with Crippen molar-refractivity contribution in [3.05, 3.63) is 0 Å². The quantitative estimate of drug-likeness (QED) is 0.711. The molecule has 12 heavy (non-hydrogen) atoms. The highest BCUT2D eigenvalue weighted by atomic mass is 16.5. The van der Waals surface area contributed by atoms with Gasteiger partial charge in [0.1, 0.15) is 0 Å². The van der Waals surface area contributed by atoms with Crippen LogP contribution in [0.3, 0.4) is 0 Å². The molecule has 0 saturated heterocycles. The van der Waals surface area contributed by atoms with E-state index in [2.05, 4.69) is 0 Å². The molecule has 0 aliphatic rings. The Kier molecular flexibility index (Phi) is 3.71. The van der Waals surface area contributed by atoms with E-state index in [0.29, 0.717) is 0 Å².